The number of allylic oxidation sites excluding steroid dienone is 1. The Kier molecular flexibility index (Phi) is 4.67. The van der Waals surface area contributed by atoms with E-state index in [2.05, 4.69) is 6.92 Å². The lowest BCUT2D eigenvalue weighted by molar-refractivity contribution is 0.104. The molecule has 0 unspecified atom stereocenters. The van der Waals surface area contributed by atoms with Crippen LogP contribution in [0.25, 0.3) is 6.08 Å². The van der Waals surface area contributed by atoms with Crippen molar-refractivity contribution in [2.45, 2.75) is 13.3 Å². The molecule has 2 aromatic rings. The van der Waals surface area contributed by atoms with Crippen molar-refractivity contribution in [2.24, 2.45) is 0 Å². The monoisotopic (exact) mass is 280 g/mol. The third-order valence-electron chi connectivity index (χ3n) is 3.19. The van der Waals surface area contributed by atoms with E-state index in [0.29, 0.717) is 0 Å². The van der Waals surface area contributed by atoms with Gasteiger partial charge in [-0.1, -0.05) is 49.4 Å². The fourth-order valence-electron chi connectivity index (χ4n) is 1.91. The second-order valence-corrected chi connectivity index (χ2v) is 4.64. The highest BCUT2D eigenvalue weighted by molar-refractivity contribution is 6.08. The molecule has 0 heterocycles. The first-order valence-electron chi connectivity index (χ1n) is 6.75. The van der Waals surface area contributed by atoms with Crippen LogP contribution in [0.5, 0.6) is 5.75 Å². The summed E-state index contributed by atoms with van der Waals surface area (Å²) >= 11 is 0. The van der Waals surface area contributed by atoms with E-state index >= 15 is 0 Å². The summed E-state index contributed by atoms with van der Waals surface area (Å²) in [7, 11) is 0. The van der Waals surface area contributed by atoms with E-state index in [1.807, 2.05) is 24.3 Å². The molecule has 21 heavy (non-hydrogen) atoms. The van der Waals surface area contributed by atoms with Crippen molar-refractivity contribution >= 4 is 11.9 Å². The number of carbonyl (C=O) groups is 1. The maximum Gasteiger partial charge on any atom is 0.220 e. The molecular weight excluding hydrogens is 264 g/mol. The molecule has 0 aliphatic heterocycles. The van der Waals surface area contributed by atoms with Gasteiger partial charge in [0.05, 0.1) is 5.56 Å². The minimum atomic E-state index is -0.566. The highest BCUT2D eigenvalue weighted by Gasteiger charge is 2.09. The summed E-state index contributed by atoms with van der Waals surface area (Å²) in [6.45, 7) is 2.08. The van der Waals surface area contributed by atoms with Crippen LogP contribution >= 0.6 is 0 Å². The molecule has 0 saturated heterocycles. The van der Waals surface area contributed by atoms with Gasteiger partial charge in [0.1, 0.15) is 0 Å². The summed E-state index contributed by atoms with van der Waals surface area (Å²) in [4.78, 5) is 23.5. The number of aryl methyl sites for hydroxylation is 1. The molecular formula is C18H16O3. The predicted octanol–water partition coefficient (Wildman–Crippen LogP) is 3.21. The molecule has 0 amide bonds. The van der Waals surface area contributed by atoms with Gasteiger partial charge in [0, 0.05) is 0 Å². The number of ketones is 1. The quantitative estimate of drug-likeness (QED) is 0.691. The summed E-state index contributed by atoms with van der Waals surface area (Å²) in [5.41, 5.74) is 1.56. The predicted molar refractivity (Wildman–Crippen MR) is 83.6 cm³/mol. The Bertz CT molecular complexity index is 728. The first-order valence-corrected chi connectivity index (χ1v) is 6.75. The van der Waals surface area contributed by atoms with Crippen LogP contribution in [-0.4, -0.2) is 10.9 Å². The van der Waals surface area contributed by atoms with Gasteiger partial charge in [0.25, 0.3) is 0 Å². The van der Waals surface area contributed by atoms with Crippen molar-refractivity contribution < 1.29 is 9.90 Å². The van der Waals surface area contributed by atoms with Crippen LogP contribution in [0.1, 0.15) is 28.4 Å². The molecule has 3 heteroatoms. The van der Waals surface area contributed by atoms with Gasteiger partial charge in [0.2, 0.25) is 5.43 Å². The van der Waals surface area contributed by atoms with Crippen LogP contribution in [0, 0.1) is 0 Å². The van der Waals surface area contributed by atoms with E-state index in [1.165, 1.54) is 29.8 Å². The molecule has 0 radical (unpaired) electrons. The number of rotatable bonds is 4. The van der Waals surface area contributed by atoms with Gasteiger partial charge < -0.3 is 5.11 Å². The second kappa shape index (κ2) is 6.66. The molecule has 0 saturated carbocycles. The number of aromatic hydroxyl groups is 1. The van der Waals surface area contributed by atoms with Gasteiger partial charge in [-0.25, -0.2) is 0 Å². The SMILES string of the molecule is CCc1ccc(/C=C/C(=O)c2ccccc(=O)c2O)cc1. The zero-order valence-corrected chi connectivity index (χ0v) is 11.7. The van der Waals surface area contributed by atoms with Gasteiger partial charge in [-0.3, -0.25) is 9.59 Å². The number of carbonyl (C=O) groups excluding carboxylic acids is 1. The van der Waals surface area contributed by atoms with Crippen molar-refractivity contribution in [2.75, 3.05) is 0 Å². The lowest BCUT2D eigenvalue weighted by Gasteiger charge is -1.98. The molecule has 0 fully saturated rings. The van der Waals surface area contributed by atoms with E-state index in [1.54, 1.807) is 12.1 Å². The third kappa shape index (κ3) is 3.66. The standard InChI is InChI=1S/C18H16O3/c1-2-13-7-9-14(10-8-13)11-12-16(19)15-5-3-4-6-17(20)18(15)21/h3-12H,2H2,1H3,(H,20,21)/b12-11+. The van der Waals surface area contributed by atoms with Gasteiger partial charge in [-0.2, -0.15) is 0 Å². The minimum Gasteiger partial charge on any atom is -0.504 e. The Morgan fingerprint density at radius 3 is 2.43 bits per heavy atom. The van der Waals surface area contributed by atoms with Gasteiger partial charge >= 0.3 is 0 Å². The molecule has 0 aliphatic carbocycles. The number of hydrogen-bond donors (Lipinski definition) is 1. The molecule has 1 N–H and O–H groups in total. The Morgan fingerprint density at radius 2 is 1.76 bits per heavy atom. The summed E-state index contributed by atoms with van der Waals surface area (Å²) < 4.78 is 0. The van der Waals surface area contributed by atoms with Crippen molar-refractivity contribution in [3.63, 3.8) is 0 Å². The largest absolute Gasteiger partial charge is 0.504 e. The molecule has 0 atom stereocenters. The van der Waals surface area contributed by atoms with Crippen LogP contribution in [0.15, 0.2) is 59.4 Å². The highest BCUT2D eigenvalue weighted by Crippen LogP contribution is 2.13. The van der Waals surface area contributed by atoms with Crippen LogP contribution in [0.3, 0.4) is 0 Å². The zero-order chi connectivity index (χ0) is 15.2. The smallest absolute Gasteiger partial charge is 0.220 e. The fourth-order valence-corrected chi connectivity index (χ4v) is 1.91. The summed E-state index contributed by atoms with van der Waals surface area (Å²) in [5, 5.41) is 9.73. The summed E-state index contributed by atoms with van der Waals surface area (Å²) in [6, 6.07) is 13.5. The topological polar surface area (TPSA) is 54.4 Å². The van der Waals surface area contributed by atoms with Gasteiger partial charge in [0.15, 0.2) is 11.5 Å². The van der Waals surface area contributed by atoms with Crippen LogP contribution in [-0.2, 0) is 6.42 Å². The van der Waals surface area contributed by atoms with Gasteiger partial charge in [-0.05, 0) is 35.8 Å². The molecule has 0 aromatic heterocycles. The first-order chi connectivity index (χ1) is 10.1. The number of hydrogen-bond acceptors (Lipinski definition) is 3. The van der Waals surface area contributed by atoms with E-state index in [4.69, 9.17) is 0 Å². The molecule has 2 rings (SSSR count). The Morgan fingerprint density at radius 1 is 1.10 bits per heavy atom. The Labute approximate surface area is 123 Å². The van der Waals surface area contributed by atoms with Crippen LogP contribution < -0.4 is 5.43 Å². The van der Waals surface area contributed by atoms with Crippen molar-refractivity contribution in [3.05, 3.63) is 81.5 Å². The fraction of sp³-hybridized carbons (Fsp3) is 0.111. The number of benzene rings is 1. The maximum absolute atomic E-state index is 12.1. The first kappa shape index (κ1) is 14.7. The maximum atomic E-state index is 12.1. The van der Waals surface area contributed by atoms with E-state index in [9.17, 15) is 14.7 Å². The molecule has 0 aliphatic rings. The van der Waals surface area contributed by atoms with Crippen molar-refractivity contribution in [1.82, 2.24) is 0 Å². The van der Waals surface area contributed by atoms with E-state index in [0.717, 1.165) is 12.0 Å². The second-order valence-electron chi connectivity index (χ2n) is 4.64. The van der Waals surface area contributed by atoms with E-state index in [-0.39, 0.29) is 5.56 Å². The lowest BCUT2D eigenvalue weighted by atomic mass is 10.1. The molecule has 0 spiro atoms. The van der Waals surface area contributed by atoms with Crippen molar-refractivity contribution in [1.29, 1.82) is 0 Å². The average molecular weight is 280 g/mol. The molecule has 106 valence electrons. The van der Waals surface area contributed by atoms with E-state index < -0.39 is 17.0 Å². The lowest BCUT2D eigenvalue weighted by Crippen LogP contribution is -2.01. The molecule has 3 nitrogen and oxygen atoms in total. The summed E-state index contributed by atoms with van der Waals surface area (Å²) in [5.74, 6) is -0.920. The zero-order valence-electron chi connectivity index (χ0n) is 11.7. The van der Waals surface area contributed by atoms with Crippen LogP contribution in [0.2, 0.25) is 0 Å². The van der Waals surface area contributed by atoms with Gasteiger partial charge in [-0.15, -0.1) is 0 Å². The molecule has 0 bridgehead atoms. The summed E-state index contributed by atoms with van der Waals surface area (Å²) in [6.07, 6.45) is 3.98. The van der Waals surface area contributed by atoms with Crippen LogP contribution in [0.4, 0.5) is 0 Å². The minimum absolute atomic E-state index is 0.00595. The Hall–Kier alpha value is -2.68. The third-order valence-corrected chi connectivity index (χ3v) is 3.19. The van der Waals surface area contributed by atoms with Crippen molar-refractivity contribution in [3.8, 4) is 5.75 Å². The Balaban J connectivity index is 2.25. The average Bonchev–Trinajstić information content (AvgIpc) is 2.68. The normalized spacial score (nSPS) is 10.7. The highest BCUT2D eigenvalue weighted by atomic mass is 16.3. The molecule has 2 aromatic carbocycles.